The van der Waals surface area contributed by atoms with Crippen LogP contribution in [0, 0.1) is 13.8 Å². The molecule has 6 heteroatoms. The minimum absolute atomic E-state index is 0.125. The largest absolute Gasteiger partial charge is 0.323 e. The quantitative estimate of drug-likeness (QED) is 0.779. The van der Waals surface area contributed by atoms with Crippen molar-refractivity contribution in [2.24, 2.45) is 0 Å². The molecule has 5 nitrogen and oxygen atoms in total. The van der Waals surface area contributed by atoms with Gasteiger partial charge < -0.3 is 5.32 Å². The second-order valence-corrected chi connectivity index (χ2v) is 5.98. The summed E-state index contributed by atoms with van der Waals surface area (Å²) in [6.07, 6.45) is 1.71. The van der Waals surface area contributed by atoms with Crippen LogP contribution < -0.4 is 5.32 Å². The molecule has 0 aliphatic heterocycles. The molecular formula is C16H15BrN4O. The molecule has 0 aliphatic rings. The van der Waals surface area contributed by atoms with Gasteiger partial charge in [-0.2, -0.15) is 5.10 Å². The van der Waals surface area contributed by atoms with Gasteiger partial charge in [-0.05, 0) is 38.1 Å². The number of carbonyl (C=O) groups excluding carboxylic acids is 1. The van der Waals surface area contributed by atoms with Gasteiger partial charge in [-0.3, -0.25) is 14.5 Å². The molecule has 1 N–H and O–H groups in total. The summed E-state index contributed by atoms with van der Waals surface area (Å²) in [4.78, 5) is 16.6. The van der Waals surface area contributed by atoms with E-state index < -0.39 is 0 Å². The van der Waals surface area contributed by atoms with Gasteiger partial charge in [0.1, 0.15) is 6.54 Å². The van der Waals surface area contributed by atoms with Gasteiger partial charge in [-0.1, -0.05) is 22.0 Å². The maximum absolute atomic E-state index is 12.3. The van der Waals surface area contributed by atoms with E-state index in [1.165, 1.54) is 0 Å². The lowest BCUT2D eigenvalue weighted by Crippen LogP contribution is -2.20. The summed E-state index contributed by atoms with van der Waals surface area (Å²) in [6, 6.07) is 9.53. The lowest BCUT2D eigenvalue weighted by atomic mass is 10.2. The molecule has 2 aromatic heterocycles. The van der Waals surface area contributed by atoms with E-state index in [0.29, 0.717) is 5.69 Å². The minimum Gasteiger partial charge on any atom is -0.323 e. The zero-order valence-electron chi connectivity index (χ0n) is 12.3. The summed E-state index contributed by atoms with van der Waals surface area (Å²) < 4.78 is 2.64. The summed E-state index contributed by atoms with van der Waals surface area (Å²) >= 11 is 3.50. The van der Waals surface area contributed by atoms with Gasteiger partial charge in [-0.25, -0.2) is 0 Å². The van der Waals surface area contributed by atoms with E-state index in [2.05, 4.69) is 31.3 Å². The number of hydrogen-bond acceptors (Lipinski definition) is 3. The van der Waals surface area contributed by atoms with Crippen molar-refractivity contribution in [3.05, 3.63) is 52.4 Å². The number of benzene rings is 1. The maximum Gasteiger partial charge on any atom is 0.246 e. The van der Waals surface area contributed by atoms with Gasteiger partial charge in [0.2, 0.25) is 5.91 Å². The first-order valence-corrected chi connectivity index (χ1v) is 7.68. The number of aromatic nitrogens is 3. The Labute approximate surface area is 136 Å². The topological polar surface area (TPSA) is 59.8 Å². The highest BCUT2D eigenvalue weighted by molar-refractivity contribution is 9.10. The third-order valence-corrected chi connectivity index (χ3v) is 4.08. The van der Waals surface area contributed by atoms with E-state index in [4.69, 9.17) is 0 Å². The van der Waals surface area contributed by atoms with Crippen molar-refractivity contribution in [1.82, 2.24) is 14.8 Å². The molecule has 0 fully saturated rings. The number of nitrogens with zero attached hydrogens (tertiary/aromatic N) is 3. The maximum atomic E-state index is 12.3. The first kappa shape index (κ1) is 14.7. The monoisotopic (exact) mass is 358 g/mol. The molecule has 0 atom stereocenters. The van der Waals surface area contributed by atoms with Crippen LogP contribution in [0.15, 0.2) is 41.0 Å². The van der Waals surface area contributed by atoms with E-state index in [9.17, 15) is 4.79 Å². The Hall–Kier alpha value is -2.21. The molecule has 3 rings (SSSR count). The van der Waals surface area contributed by atoms with E-state index >= 15 is 0 Å². The second kappa shape index (κ2) is 5.88. The molecule has 3 aromatic rings. The fourth-order valence-corrected chi connectivity index (χ4v) is 2.85. The molecule has 0 saturated carbocycles. The van der Waals surface area contributed by atoms with Gasteiger partial charge in [-0.15, -0.1) is 0 Å². The van der Waals surface area contributed by atoms with Crippen LogP contribution in [0.2, 0.25) is 0 Å². The van der Waals surface area contributed by atoms with Crippen molar-refractivity contribution in [3.8, 4) is 0 Å². The highest BCUT2D eigenvalue weighted by atomic mass is 79.9. The summed E-state index contributed by atoms with van der Waals surface area (Å²) in [5.41, 5.74) is 3.33. The van der Waals surface area contributed by atoms with E-state index in [1.54, 1.807) is 10.9 Å². The average Bonchev–Trinajstić information content (AvgIpc) is 2.80. The number of anilines is 1. The van der Waals surface area contributed by atoms with Gasteiger partial charge in [0.25, 0.3) is 0 Å². The van der Waals surface area contributed by atoms with Crippen LogP contribution in [0.25, 0.3) is 10.9 Å². The fourth-order valence-electron chi connectivity index (χ4n) is 2.40. The molecule has 112 valence electrons. The third kappa shape index (κ3) is 2.87. The molecule has 0 bridgehead atoms. The normalized spacial score (nSPS) is 10.9. The third-order valence-electron chi connectivity index (χ3n) is 3.39. The zero-order valence-corrected chi connectivity index (χ0v) is 13.9. The molecule has 2 heterocycles. The van der Waals surface area contributed by atoms with Crippen LogP contribution in [0.1, 0.15) is 11.4 Å². The summed E-state index contributed by atoms with van der Waals surface area (Å²) in [5.74, 6) is -0.125. The molecule has 1 aromatic carbocycles. The number of fused-ring (bicyclic) bond motifs is 1. The van der Waals surface area contributed by atoms with Crippen LogP contribution in [-0.2, 0) is 11.3 Å². The minimum atomic E-state index is -0.125. The Morgan fingerprint density at radius 2 is 2.14 bits per heavy atom. The highest BCUT2D eigenvalue weighted by Gasteiger charge is 2.11. The fraction of sp³-hybridized carbons (Fsp3) is 0.188. The standard InChI is InChI=1S/C16H15BrN4O/c1-10-8-11(2)21(20-10)9-15(22)19-14-6-5-13(17)12-4-3-7-18-16(12)14/h3-8H,9H2,1-2H3,(H,19,22). The second-order valence-electron chi connectivity index (χ2n) is 5.13. The lowest BCUT2D eigenvalue weighted by molar-refractivity contribution is -0.116. The lowest BCUT2D eigenvalue weighted by Gasteiger charge is -2.10. The predicted molar refractivity (Wildman–Crippen MR) is 89.8 cm³/mol. The SMILES string of the molecule is Cc1cc(C)n(CC(=O)Nc2ccc(Br)c3cccnc23)n1. The Morgan fingerprint density at radius 1 is 1.32 bits per heavy atom. The summed E-state index contributed by atoms with van der Waals surface area (Å²) in [6.45, 7) is 4.03. The number of nitrogens with one attached hydrogen (secondary N) is 1. The molecule has 0 spiro atoms. The van der Waals surface area contributed by atoms with Crippen molar-refractivity contribution in [2.75, 3.05) is 5.32 Å². The molecular weight excluding hydrogens is 344 g/mol. The Bertz CT molecular complexity index is 856. The van der Waals surface area contributed by atoms with Gasteiger partial charge in [0, 0.05) is 21.7 Å². The number of aryl methyl sites for hydroxylation is 2. The molecule has 22 heavy (non-hydrogen) atoms. The Balaban J connectivity index is 1.86. The molecule has 0 aliphatic carbocycles. The number of amides is 1. The van der Waals surface area contributed by atoms with Crippen molar-refractivity contribution in [1.29, 1.82) is 0 Å². The number of pyridine rings is 1. The van der Waals surface area contributed by atoms with Crippen LogP contribution in [0.3, 0.4) is 0 Å². The zero-order chi connectivity index (χ0) is 15.7. The van der Waals surface area contributed by atoms with Crippen molar-refractivity contribution < 1.29 is 4.79 Å². The van der Waals surface area contributed by atoms with Crippen molar-refractivity contribution >= 4 is 38.4 Å². The molecule has 0 unspecified atom stereocenters. The van der Waals surface area contributed by atoms with Crippen LogP contribution in [-0.4, -0.2) is 20.7 Å². The summed E-state index contributed by atoms with van der Waals surface area (Å²) in [7, 11) is 0. The first-order valence-electron chi connectivity index (χ1n) is 6.89. The number of carbonyl (C=O) groups is 1. The highest BCUT2D eigenvalue weighted by Crippen LogP contribution is 2.28. The van der Waals surface area contributed by atoms with Crippen LogP contribution >= 0.6 is 15.9 Å². The first-order chi connectivity index (χ1) is 10.5. The van der Waals surface area contributed by atoms with E-state index in [1.807, 2.05) is 44.2 Å². The van der Waals surface area contributed by atoms with E-state index in [0.717, 1.165) is 26.8 Å². The van der Waals surface area contributed by atoms with Gasteiger partial charge >= 0.3 is 0 Å². The number of hydrogen-bond donors (Lipinski definition) is 1. The molecule has 0 radical (unpaired) electrons. The van der Waals surface area contributed by atoms with Gasteiger partial charge in [0.05, 0.1) is 16.9 Å². The van der Waals surface area contributed by atoms with Crippen LogP contribution in [0.4, 0.5) is 5.69 Å². The van der Waals surface area contributed by atoms with E-state index in [-0.39, 0.29) is 12.5 Å². The molecule has 0 saturated heterocycles. The Morgan fingerprint density at radius 3 is 2.86 bits per heavy atom. The number of halogens is 1. The Kier molecular flexibility index (Phi) is 3.94. The smallest absolute Gasteiger partial charge is 0.246 e. The summed E-state index contributed by atoms with van der Waals surface area (Å²) in [5, 5.41) is 8.18. The number of rotatable bonds is 3. The van der Waals surface area contributed by atoms with Crippen molar-refractivity contribution in [3.63, 3.8) is 0 Å². The van der Waals surface area contributed by atoms with Crippen LogP contribution in [0.5, 0.6) is 0 Å². The average molecular weight is 359 g/mol. The van der Waals surface area contributed by atoms with Gasteiger partial charge in [0.15, 0.2) is 0 Å². The predicted octanol–water partition coefficient (Wildman–Crippen LogP) is 3.45. The van der Waals surface area contributed by atoms with Crippen molar-refractivity contribution in [2.45, 2.75) is 20.4 Å². The molecule has 1 amide bonds.